The van der Waals surface area contributed by atoms with Gasteiger partial charge in [-0.1, -0.05) is 37.8 Å². The molecule has 2 heteroatoms. The van der Waals surface area contributed by atoms with Gasteiger partial charge in [0.2, 0.25) is 0 Å². The van der Waals surface area contributed by atoms with Gasteiger partial charge in [-0.15, -0.1) is 0 Å². The lowest BCUT2D eigenvalue weighted by molar-refractivity contribution is 0.0365. The Bertz CT molecular complexity index is 435. The Kier molecular flexibility index (Phi) is 5.81. The second kappa shape index (κ2) is 7.61. The van der Waals surface area contributed by atoms with Crippen LogP contribution >= 0.6 is 0 Å². The van der Waals surface area contributed by atoms with Crippen molar-refractivity contribution in [2.24, 2.45) is 0 Å². The number of morpholine rings is 1. The Morgan fingerprint density at radius 3 is 2.70 bits per heavy atom. The van der Waals surface area contributed by atoms with Crippen LogP contribution in [0.2, 0.25) is 0 Å². The Hall–Kier alpha value is -1.12. The molecule has 1 unspecified atom stereocenters. The topological polar surface area (TPSA) is 12.5 Å². The van der Waals surface area contributed by atoms with E-state index in [1.54, 1.807) is 0 Å². The molecule has 2 rings (SSSR count). The Morgan fingerprint density at radius 2 is 2.10 bits per heavy atom. The Balaban J connectivity index is 1.96. The Labute approximate surface area is 123 Å². The van der Waals surface area contributed by atoms with E-state index in [9.17, 15) is 0 Å². The van der Waals surface area contributed by atoms with Gasteiger partial charge in [0.1, 0.15) is 0 Å². The first-order valence-corrected chi connectivity index (χ1v) is 7.77. The summed E-state index contributed by atoms with van der Waals surface area (Å²) >= 11 is 0. The zero-order chi connectivity index (χ0) is 14.4. The highest BCUT2D eigenvalue weighted by Crippen LogP contribution is 2.26. The number of rotatable bonds is 6. The van der Waals surface area contributed by atoms with Crippen molar-refractivity contribution in [3.63, 3.8) is 0 Å². The van der Waals surface area contributed by atoms with Gasteiger partial charge in [-0.25, -0.2) is 0 Å². The number of nitrogens with zero attached hydrogens (tertiary/aromatic N) is 1. The highest BCUT2D eigenvalue weighted by Gasteiger charge is 2.15. The van der Waals surface area contributed by atoms with E-state index in [0.717, 1.165) is 26.3 Å². The maximum atomic E-state index is 5.41. The van der Waals surface area contributed by atoms with Crippen molar-refractivity contribution in [1.29, 1.82) is 0 Å². The molecule has 1 saturated heterocycles. The summed E-state index contributed by atoms with van der Waals surface area (Å²) in [4.78, 5) is 2.52. The molecule has 0 aliphatic carbocycles. The number of hydrogen-bond donors (Lipinski definition) is 0. The van der Waals surface area contributed by atoms with Crippen LogP contribution in [-0.2, 0) is 4.74 Å². The summed E-state index contributed by atoms with van der Waals surface area (Å²) in [7, 11) is 0. The molecule has 0 N–H and O–H groups in total. The van der Waals surface area contributed by atoms with Crippen LogP contribution in [0.5, 0.6) is 0 Å². The summed E-state index contributed by atoms with van der Waals surface area (Å²) < 4.78 is 5.41. The second-order valence-electron chi connectivity index (χ2n) is 5.67. The fraction of sp³-hybridized carbons (Fsp3) is 0.556. The minimum atomic E-state index is 0.662. The molecule has 1 atom stereocenters. The monoisotopic (exact) mass is 273 g/mol. The van der Waals surface area contributed by atoms with Crippen molar-refractivity contribution in [1.82, 2.24) is 4.90 Å². The zero-order valence-electron chi connectivity index (χ0n) is 12.9. The highest BCUT2D eigenvalue weighted by atomic mass is 16.5. The average molecular weight is 273 g/mol. The molecule has 0 radical (unpaired) electrons. The molecule has 0 spiro atoms. The van der Waals surface area contributed by atoms with Crippen LogP contribution < -0.4 is 0 Å². The molecule has 1 aromatic carbocycles. The third-order valence-electron chi connectivity index (χ3n) is 4.38. The molecule has 0 amide bonds. The van der Waals surface area contributed by atoms with Gasteiger partial charge in [0.25, 0.3) is 0 Å². The summed E-state index contributed by atoms with van der Waals surface area (Å²) in [5.74, 6) is 0.662. The lowest BCUT2D eigenvalue weighted by atomic mass is 9.90. The maximum absolute atomic E-state index is 5.41. The number of aryl methyl sites for hydroxylation is 1. The molecular formula is C18H27NO. The molecular weight excluding hydrogens is 246 g/mol. The largest absolute Gasteiger partial charge is 0.379 e. The molecule has 1 fully saturated rings. The lowest BCUT2D eigenvalue weighted by Crippen LogP contribution is -2.37. The molecule has 20 heavy (non-hydrogen) atoms. The summed E-state index contributed by atoms with van der Waals surface area (Å²) in [5, 5.41) is 0. The molecule has 1 heterocycles. The molecule has 0 saturated carbocycles. The first-order chi connectivity index (χ1) is 9.74. The van der Waals surface area contributed by atoms with Crippen molar-refractivity contribution in [3.05, 3.63) is 41.5 Å². The minimum absolute atomic E-state index is 0.662. The fourth-order valence-corrected chi connectivity index (χ4v) is 2.95. The first-order valence-electron chi connectivity index (χ1n) is 7.77. The third-order valence-corrected chi connectivity index (χ3v) is 4.38. The van der Waals surface area contributed by atoms with Crippen molar-refractivity contribution in [3.8, 4) is 0 Å². The number of benzene rings is 1. The third kappa shape index (κ3) is 3.94. The maximum Gasteiger partial charge on any atom is 0.0594 e. The van der Waals surface area contributed by atoms with Crippen LogP contribution in [-0.4, -0.2) is 37.7 Å². The SMILES string of the molecule is C=Cc1ccc(C(CC)CCN2CCOCC2)cc1C. The van der Waals surface area contributed by atoms with E-state index in [1.165, 1.54) is 36.1 Å². The van der Waals surface area contributed by atoms with Crippen molar-refractivity contribution in [2.45, 2.75) is 32.6 Å². The van der Waals surface area contributed by atoms with Crippen LogP contribution in [0.4, 0.5) is 0 Å². The molecule has 1 aliphatic heterocycles. The quantitative estimate of drug-likeness (QED) is 0.780. The van der Waals surface area contributed by atoms with Crippen molar-refractivity contribution >= 4 is 6.08 Å². The summed E-state index contributed by atoms with van der Waals surface area (Å²) in [5.41, 5.74) is 4.06. The van der Waals surface area contributed by atoms with Gasteiger partial charge in [-0.05, 0) is 48.9 Å². The average Bonchev–Trinajstić information content (AvgIpc) is 2.49. The second-order valence-corrected chi connectivity index (χ2v) is 5.67. The van der Waals surface area contributed by atoms with E-state index < -0.39 is 0 Å². The minimum Gasteiger partial charge on any atom is -0.379 e. The summed E-state index contributed by atoms with van der Waals surface area (Å²) in [6.45, 7) is 13.5. The predicted octanol–water partition coefficient (Wildman–Crippen LogP) is 3.85. The molecule has 1 aromatic rings. The van der Waals surface area contributed by atoms with Crippen LogP contribution in [0, 0.1) is 6.92 Å². The summed E-state index contributed by atoms with van der Waals surface area (Å²) in [6, 6.07) is 6.82. The van der Waals surface area contributed by atoms with E-state index >= 15 is 0 Å². The standard InChI is InChI=1S/C18H27NO/c1-4-16-6-7-18(14-15(16)3)17(5-2)8-9-19-10-12-20-13-11-19/h4,6-7,14,17H,1,5,8-13H2,2-3H3. The predicted molar refractivity (Wildman–Crippen MR) is 86.2 cm³/mol. The van der Waals surface area contributed by atoms with Gasteiger partial charge in [0, 0.05) is 13.1 Å². The number of ether oxygens (including phenoxy) is 1. The molecule has 1 aliphatic rings. The van der Waals surface area contributed by atoms with E-state index in [2.05, 4.69) is 43.5 Å². The van der Waals surface area contributed by atoms with Crippen LogP contribution in [0.1, 0.15) is 42.4 Å². The molecule has 110 valence electrons. The Morgan fingerprint density at radius 1 is 1.35 bits per heavy atom. The summed E-state index contributed by atoms with van der Waals surface area (Å²) in [6.07, 6.45) is 4.38. The smallest absolute Gasteiger partial charge is 0.0594 e. The van der Waals surface area contributed by atoms with E-state index in [4.69, 9.17) is 4.74 Å². The van der Waals surface area contributed by atoms with Gasteiger partial charge in [-0.2, -0.15) is 0 Å². The van der Waals surface area contributed by atoms with Crippen molar-refractivity contribution in [2.75, 3.05) is 32.8 Å². The van der Waals surface area contributed by atoms with Gasteiger partial charge in [-0.3, -0.25) is 4.90 Å². The van der Waals surface area contributed by atoms with Crippen LogP contribution in [0.3, 0.4) is 0 Å². The van der Waals surface area contributed by atoms with Gasteiger partial charge in [0.15, 0.2) is 0 Å². The molecule has 0 aromatic heterocycles. The van der Waals surface area contributed by atoms with Crippen LogP contribution in [0.25, 0.3) is 6.08 Å². The van der Waals surface area contributed by atoms with Gasteiger partial charge in [0.05, 0.1) is 13.2 Å². The normalized spacial score (nSPS) is 17.9. The van der Waals surface area contributed by atoms with Gasteiger partial charge < -0.3 is 4.74 Å². The zero-order valence-corrected chi connectivity index (χ0v) is 12.9. The van der Waals surface area contributed by atoms with Crippen molar-refractivity contribution < 1.29 is 4.74 Å². The van der Waals surface area contributed by atoms with E-state index in [1.807, 2.05) is 6.08 Å². The highest BCUT2D eigenvalue weighted by molar-refractivity contribution is 5.52. The van der Waals surface area contributed by atoms with E-state index in [-0.39, 0.29) is 0 Å². The lowest BCUT2D eigenvalue weighted by Gasteiger charge is -2.28. The fourth-order valence-electron chi connectivity index (χ4n) is 2.95. The molecule has 2 nitrogen and oxygen atoms in total. The first kappa shape index (κ1) is 15.3. The van der Waals surface area contributed by atoms with Gasteiger partial charge >= 0.3 is 0 Å². The van der Waals surface area contributed by atoms with Crippen LogP contribution in [0.15, 0.2) is 24.8 Å². The molecule has 0 bridgehead atoms. The van der Waals surface area contributed by atoms with E-state index in [0.29, 0.717) is 5.92 Å². The number of hydrogen-bond acceptors (Lipinski definition) is 2.